The number of amidine groups is 1. The predicted molar refractivity (Wildman–Crippen MR) is 72.8 cm³/mol. The van der Waals surface area contributed by atoms with Crippen molar-refractivity contribution in [2.24, 2.45) is 11.7 Å². The molecule has 1 aliphatic rings. The number of piperidine rings is 1. The van der Waals surface area contributed by atoms with Gasteiger partial charge in [0.25, 0.3) is 0 Å². The summed E-state index contributed by atoms with van der Waals surface area (Å²) in [5.41, 5.74) is 8.93. The minimum atomic E-state index is 0.168. The minimum Gasteiger partial charge on any atom is -0.384 e. The highest BCUT2D eigenvalue weighted by Gasteiger charge is 2.20. The van der Waals surface area contributed by atoms with Crippen molar-refractivity contribution in [3.05, 3.63) is 29.3 Å². The van der Waals surface area contributed by atoms with E-state index >= 15 is 0 Å². The number of nitrogens with zero attached hydrogens (tertiary/aromatic N) is 1. The van der Waals surface area contributed by atoms with Crippen LogP contribution in [0.2, 0.25) is 0 Å². The third-order valence-electron chi connectivity index (χ3n) is 3.50. The Hall–Kier alpha value is -1.51. The number of nitrogen functional groups attached to an aromatic ring is 1. The van der Waals surface area contributed by atoms with Crippen LogP contribution in [0.15, 0.2) is 18.2 Å². The first kappa shape index (κ1) is 12.0. The van der Waals surface area contributed by atoms with Crippen LogP contribution in [-0.2, 0) is 0 Å². The molecule has 3 heteroatoms. The fourth-order valence-corrected chi connectivity index (χ4v) is 2.69. The van der Waals surface area contributed by atoms with E-state index in [0.29, 0.717) is 0 Å². The van der Waals surface area contributed by atoms with E-state index in [0.717, 1.165) is 30.3 Å². The number of hydrogen-bond donors (Lipinski definition) is 2. The van der Waals surface area contributed by atoms with Gasteiger partial charge in [-0.25, -0.2) is 0 Å². The van der Waals surface area contributed by atoms with Crippen LogP contribution in [0.1, 0.15) is 30.9 Å². The lowest BCUT2D eigenvalue weighted by atomic mass is 9.97. The molecule has 0 spiro atoms. The Kier molecular flexibility index (Phi) is 3.36. The number of nitrogens with one attached hydrogen (secondary N) is 1. The number of nitrogens with two attached hydrogens (primary N) is 1. The van der Waals surface area contributed by atoms with Crippen molar-refractivity contribution in [1.82, 2.24) is 0 Å². The third-order valence-corrected chi connectivity index (χ3v) is 3.50. The van der Waals surface area contributed by atoms with Crippen molar-refractivity contribution in [3.8, 4) is 0 Å². The van der Waals surface area contributed by atoms with Gasteiger partial charge in [-0.05, 0) is 37.3 Å². The van der Waals surface area contributed by atoms with E-state index in [1.807, 2.05) is 12.1 Å². The number of anilines is 1. The summed E-state index contributed by atoms with van der Waals surface area (Å²) in [5.74, 6) is 0.894. The van der Waals surface area contributed by atoms with Gasteiger partial charge in [0, 0.05) is 18.7 Å². The van der Waals surface area contributed by atoms with Gasteiger partial charge in [-0.3, -0.25) is 5.41 Å². The monoisotopic (exact) mass is 231 g/mol. The summed E-state index contributed by atoms with van der Waals surface area (Å²) in [4.78, 5) is 2.39. The minimum absolute atomic E-state index is 0.168. The summed E-state index contributed by atoms with van der Waals surface area (Å²) in [7, 11) is 0. The van der Waals surface area contributed by atoms with Gasteiger partial charge in [0.2, 0.25) is 0 Å². The van der Waals surface area contributed by atoms with E-state index in [1.54, 1.807) is 0 Å². The van der Waals surface area contributed by atoms with Crippen molar-refractivity contribution in [3.63, 3.8) is 0 Å². The topological polar surface area (TPSA) is 53.1 Å². The molecule has 17 heavy (non-hydrogen) atoms. The Morgan fingerprint density at radius 1 is 1.47 bits per heavy atom. The molecule has 1 heterocycles. The molecule has 3 nitrogen and oxygen atoms in total. The van der Waals surface area contributed by atoms with E-state index in [4.69, 9.17) is 11.1 Å². The SMILES string of the molecule is Cc1cccc(C(=N)N)c1N1CCCC(C)C1. The average Bonchev–Trinajstić information content (AvgIpc) is 2.28. The molecule has 1 aromatic rings. The normalized spacial score (nSPS) is 20.4. The molecule has 92 valence electrons. The number of hydrogen-bond acceptors (Lipinski definition) is 2. The Morgan fingerprint density at radius 2 is 2.24 bits per heavy atom. The smallest absolute Gasteiger partial charge is 0.124 e. The van der Waals surface area contributed by atoms with E-state index in [-0.39, 0.29) is 5.84 Å². The van der Waals surface area contributed by atoms with Crippen LogP contribution < -0.4 is 10.6 Å². The molecular formula is C14H21N3. The van der Waals surface area contributed by atoms with Crippen molar-refractivity contribution in [2.45, 2.75) is 26.7 Å². The lowest BCUT2D eigenvalue weighted by Gasteiger charge is -2.35. The van der Waals surface area contributed by atoms with Crippen LogP contribution in [0.3, 0.4) is 0 Å². The van der Waals surface area contributed by atoms with Gasteiger partial charge in [-0.1, -0.05) is 19.1 Å². The maximum atomic E-state index is 7.69. The summed E-state index contributed by atoms with van der Waals surface area (Å²) in [6.07, 6.45) is 2.53. The van der Waals surface area contributed by atoms with E-state index in [2.05, 4.69) is 24.8 Å². The molecule has 0 aliphatic carbocycles. The maximum Gasteiger partial charge on any atom is 0.124 e. The molecule has 1 fully saturated rings. The maximum absolute atomic E-state index is 7.69. The molecule has 0 saturated carbocycles. The molecule has 1 aromatic carbocycles. The number of aryl methyl sites for hydroxylation is 1. The highest BCUT2D eigenvalue weighted by molar-refractivity contribution is 6.01. The van der Waals surface area contributed by atoms with Crippen LogP contribution in [0.4, 0.5) is 5.69 Å². The molecule has 1 aliphatic heterocycles. The Bertz CT molecular complexity index is 425. The standard InChI is InChI=1S/C14H21N3/c1-10-5-4-8-17(9-10)13-11(2)6-3-7-12(13)14(15)16/h3,6-7,10H,4-5,8-9H2,1-2H3,(H3,15,16). The van der Waals surface area contributed by atoms with Gasteiger partial charge in [0.05, 0.1) is 5.69 Å². The van der Waals surface area contributed by atoms with Crippen LogP contribution in [0.25, 0.3) is 0 Å². The summed E-state index contributed by atoms with van der Waals surface area (Å²) >= 11 is 0. The highest BCUT2D eigenvalue weighted by atomic mass is 15.1. The molecular weight excluding hydrogens is 210 g/mol. The zero-order chi connectivity index (χ0) is 12.4. The molecule has 0 amide bonds. The first-order valence-corrected chi connectivity index (χ1v) is 6.28. The Balaban J connectivity index is 2.39. The van der Waals surface area contributed by atoms with Gasteiger partial charge in [-0.2, -0.15) is 0 Å². The summed E-state index contributed by atoms with van der Waals surface area (Å²) < 4.78 is 0. The van der Waals surface area contributed by atoms with Crippen LogP contribution >= 0.6 is 0 Å². The second kappa shape index (κ2) is 4.78. The van der Waals surface area contributed by atoms with Crippen LogP contribution in [0.5, 0.6) is 0 Å². The predicted octanol–water partition coefficient (Wildman–Crippen LogP) is 2.52. The molecule has 0 bridgehead atoms. The Labute approximate surface area is 103 Å². The zero-order valence-corrected chi connectivity index (χ0v) is 10.7. The van der Waals surface area contributed by atoms with Gasteiger partial charge in [-0.15, -0.1) is 0 Å². The third kappa shape index (κ3) is 2.43. The van der Waals surface area contributed by atoms with Crippen LogP contribution in [-0.4, -0.2) is 18.9 Å². The van der Waals surface area contributed by atoms with Gasteiger partial charge in [0.15, 0.2) is 0 Å². The molecule has 2 rings (SSSR count). The van der Waals surface area contributed by atoms with Gasteiger partial charge in [0.1, 0.15) is 5.84 Å². The quantitative estimate of drug-likeness (QED) is 0.607. The van der Waals surface area contributed by atoms with Crippen molar-refractivity contribution >= 4 is 11.5 Å². The first-order valence-electron chi connectivity index (χ1n) is 6.28. The Morgan fingerprint density at radius 3 is 2.88 bits per heavy atom. The number of rotatable bonds is 2. The zero-order valence-electron chi connectivity index (χ0n) is 10.7. The van der Waals surface area contributed by atoms with Gasteiger partial charge < -0.3 is 10.6 Å². The second-order valence-corrected chi connectivity index (χ2v) is 5.08. The van der Waals surface area contributed by atoms with Crippen molar-refractivity contribution < 1.29 is 0 Å². The van der Waals surface area contributed by atoms with Crippen molar-refractivity contribution in [2.75, 3.05) is 18.0 Å². The van der Waals surface area contributed by atoms with Gasteiger partial charge >= 0.3 is 0 Å². The molecule has 3 N–H and O–H groups in total. The first-order chi connectivity index (χ1) is 8.09. The number of para-hydroxylation sites is 1. The van der Waals surface area contributed by atoms with Crippen LogP contribution in [0, 0.1) is 18.3 Å². The fraction of sp³-hybridized carbons (Fsp3) is 0.500. The molecule has 1 unspecified atom stereocenters. The van der Waals surface area contributed by atoms with E-state index in [1.165, 1.54) is 18.4 Å². The van der Waals surface area contributed by atoms with E-state index < -0.39 is 0 Å². The molecule has 1 saturated heterocycles. The summed E-state index contributed by atoms with van der Waals surface area (Å²) in [6, 6.07) is 6.02. The lowest BCUT2D eigenvalue weighted by Crippen LogP contribution is -2.36. The molecule has 0 aromatic heterocycles. The molecule has 1 atom stereocenters. The largest absolute Gasteiger partial charge is 0.384 e. The van der Waals surface area contributed by atoms with Crippen molar-refractivity contribution in [1.29, 1.82) is 5.41 Å². The summed E-state index contributed by atoms with van der Waals surface area (Å²) in [5, 5.41) is 7.69. The number of benzene rings is 1. The second-order valence-electron chi connectivity index (χ2n) is 5.08. The average molecular weight is 231 g/mol. The summed E-state index contributed by atoms with van der Waals surface area (Å²) in [6.45, 7) is 6.54. The fourth-order valence-electron chi connectivity index (χ4n) is 2.69. The lowest BCUT2D eigenvalue weighted by molar-refractivity contribution is 0.446. The molecule has 0 radical (unpaired) electrons. The van der Waals surface area contributed by atoms with E-state index in [9.17, 15) is 0 Å². The highest BCUT2D eigenvalue weighted by Crippen LogP contribution is 2.29.